The van der Waals surface area contributed by atoms with Crippen LogP contribution in [0.25, 0.3) is 0 Å². The Kier molecular flexibility index (Phi) is 5.18. The van der Waals surface area contributed by atoms with E-state index in [1.54, 1.807) is 6.33 Å². The highest BCUT2D eigenvalue weighted by Crippen LogP contribution is 2.26. The van der Waals surface area contributed by atoms with Gasteiger partial charge >= 0.3 is 0 Å². The third kappa shape index (κ3) is 3.90. The zero-order valence-corrected chi connectivity index (χ0v) is 14.6. The Labute approximate surface area is 150 Å². The second kappa shape index (κ2) is 7.52. The van der Waals surface area contributed by atoms with Crippen LogP contribution in [0.3, 0.4) is 0 Å². The van der Waals surface area contributed by atoms with E-state index in [9.17, 15) is 4.79 Å². The normalized spacial score (nSPS) is 16.7. The molecule has 1 aliphatic heterocycles. The number of nitrogens with zero attached hydrogens (tertiary/aromatic N) is 4. The zero-order valence-electron chi connectivity index (χ0n) is 13.9. The van der Waals surface area contributed by atoms with Crippen LogP contribution < -0.4 is 21.3 Å². The molecule has 0 radical (unpaired) electrons. The Bertz CT molecular complexity index is 770. The van der Waals surface area contributed by atoms with Crippen molar-refractivity contribution in [2.45, 2.75) is 18.9 Å². The van der Waals surface area contributed by atoms with Crippen LogP contribution in [0.1, 0.15) is 23.2 Å². The predicted molar refractivity (Wildman–Crippen MR) is 98.2 cm³/mol. The number of hydrogen-bond acceptors (Lipinski definition) is 7. The number of halogens is 1. The lowest BCUT2D eigenvalue weighted by atomic mass is 10.2. The summed E-state index contributed by atoms with van der Waals surface area (Å²) in [6.45, 7) is 1.61. The van der Waals surface area contributed by atoms with Gasteiger partial charge in [-0.1, -0.05) is 11.6 Å². The molecule has 8 nitrogen and oxygen atoms in total. The van der Waals surface area contributed by atoms with Crippen LogP contribution in [0.2, 0.25) is 5.02 Å². The fourth-order valence-corrected chi connectivity index (χ4v) is 3.14. The molecule has 0 bridgehead atoms. The van der Waals surface area contributed by atoms with Crippen LogP contribution in [-0.4, -0.2) is 47.0 Å². The summed E-state index contributed by atoms with van der Waals surface area (Å²) in [6, 6.07) is 3.73. The number of hydrogen-bond donors (Lipinski definition) is 3. The van der Waals surface area contributed by atoms with Gasteiger partial charge in [-0.3, -0.25) is 4.79 Å². The van der Waals surface area contributed by atoms with E-state index >= 15 is 0 Å². The fraction of sp³-hybridized carbons (Fsp3) is 0.375. The van der Waals surface area contributed by atoms with Crippen molar-refractivity contribution in [1.29, 1.82) is 0 Å². The van der Waals surface area contributed by atoms with Gasteiger partial charge in [0.05, 0.1) is 10.6 Å². The summed E-state index contributed by atoms with van der Waals surface area (Å²) in [4.78, 5) is 26.1. The molecule has 1 unspecified atom stereocenters. The summed E-state index contributed by atoms with van der Waals surface area (Å²) in [5, 5.41) is 6.66. The highest BCUT2D eigenvalue weighted by molar-refractivity contribution is 6.33. The Hall–Kier alpha value is -2.61. The first-order valence-electron chi connectivity index (χ1n) is 8.04. The number of nitrogens with two attached hydrogens (primary N) is 1. The third-order valence-electron chi connectivity index (χ3n) is 4.21. The molecule has 1 saturated heterocycles. The van der Waals surface area contributed by atoms with Crippen molar-refractivity contribution in [3.63, 3.8) is 0 Å². The number of carbonyl (C=O) groups excluding carboxylic acids is 1. The predicted octanol–water partition coefficient (Wildman–Crippen LogP) is 1.75. The number of aromatic nitrogens is 3. The number of nitrogens with one attached hydrogen (secondary N) is 2. The molecule has 4 N–H and O–H groups in total. The molecule has 2 aromatic rings. The standard InChI is InChI=1S/C16H20ClN7O/c1-19-13-6-14(23-9-22-13)24-4-2-3-11(24)8-21-16-12(17)5-10(7-20-16)15(18)25/h5-7,9,11H,2-4,8H2,1H3,(H2,18,25)(H,20,21)(H,19,22,23). The van der Waals surface area contributed by atoms with E-state index < -0.39 is 5.91 Å². The van der Waals surface area contributed by atoms with Crippen LogP contribution in [0.15, 0.2) is 24.7 Å². The van der Waals surface area contributed by atoms with Crippen molar-refractivity contribution in [3.8, 4) is 0 Å². The summed E-state index contributed by atoms with van der Waals surface area (Å²) in [5.41, 5.74) is 5.52. The monoisotopic (exact) mass is 361 g/mol. The van der Waals surface area contributed by atoms with E-state index in [1.165, 1.54) is 12.3 Å². The minimum atomic E-state index is -0.549. The SMILES string of the molecule is CNc1cc(N2CCCC2CNc2ncc(C(N)=O)cc2Cl)ncn1. The van der Waals surface area contributed by atoms with E-state index in [0.717, 1.165) is 31.0 Å². The van der Waals surface area contributed by atoms with Crippen LogP contribution in [0.5, 0.6) is 0 Å². The van der Waals surface area contributed by atoms with Crippen molar-refractivity contribution in [2.75, 3.05) is 35.7 Å². The van der Waals surface area contributed by atoms with Crippen molar-refractivity contribution in [1.82, 2.24) is 15.0 Å². The molecule has 1 atom stereocenters. The molecule has 3 rings (SSSR count). The molecule has 1 amide bonds. The Morgan fingerprint density at radius 3 is 2.96 bits per heavy atom. The molecule has 0 spiro atoms. The first-order valence-corrected chi connectivity index (χ1v) is 8.42. The van der Waals surface area contributed by atoms with Gasteiger partial charge in [0.1, 0.15) is 23.8 Å². The minimum absolute atomic E-state index is 0.272. The number of amides is 1. The average Bonchev–Trinajstić information content (AvgIpc) is 3.09. The molecule has 25 heavy (non-hydrogen) atoms. The summed E-state index contributed by atoms with van der Waals surface area (Å²) in [6.07, 6.45) is 5.12. The van der Waals surface area contributed by atoms with Gasteiger partial charge in [-0.2, -0.15) is 0 Å². The quantitative estimate of drug-likeness (QED) is 0.719. The molecular formula is C16H20ClN7O. The Balaban J connectivity index is 1.69. The fourth-order valence-electron chi connectivity index (χ4n) is 2.91. The number of carbonyl (C=O) groups is 1. The molecule has 0 aliphatic carbocycles. The van der Waals surface area contributed by atoms with Crippen molar-refractivity contribution in [3.05, 3.63) is 35.2 Å². The van der Waals surface area contributed by atoms with E-state index in [4.69, 9.17) is 17.3 Å². The minimum Gasteiger partial charge on any atom is -0.373 e. The summed E-state index contributed by atoms with van der Waals surface area (Å²) in [7, 11) is 1.83. The smallest absolute Gasteiger partial charge is 0.250 e. The van der Waals surface area contributed by atoms with Crippen molar-refractivity contribution >= 4 is 35.0 Å². The van der Waals surface area contributed by atoms with E-state index in [2.05, 4.69) is 30.5 Å². The molecule has 3 heterocycles. The maximum absolute atomic E-state index is 11.2. The third-order valence-corrected chi connectivity index (χ3v) is 4.50. The Morgan fingerprint density at radius 1 is 1.40 bits per heavy atom. The van der Waals surface area contributed by atoms with Gasteiger partial charge in [0.25, 0.3) is 0 Å². The molecular weight excluding hydrogens is 342 g/mol. The molecule has 9 heteroatoms. The Morgan fingerprint density at radius 2 is 2.24 bits per heavy atom. The van der Waals surface area contributed by atoms with Crippen LogP contribution in [0, 0.1) is 0 Å². The number of rotatable bonds is 6. The van der Waals surface area contributed by atoms with E-state index in [1.807, 2.05) is 13.1 Å². The van der Waals surface area contributed by atoms with Crippen LogP contribution in [-0.2, 0) is 0 Å². The van der Waals surface area contributed by atoms with Crippen LogP contribution in [0.4, 0.5) is 17.5 Å². The lowest BCUT2D eigenvalue weighted by Gasteiger charge is -2.26. The largest absolute Gasteiger partial charge is 0.373 e. The topological polar surface area (TPSA) is 109 Å². The summed E-state index contributed by atoms with van der Waals surface area (Å²) in [5.74, 6) is 1.67. The lowest BCUT2D eigenvalue weighted by Crippen LogP contribution is -2.35. The second-order valence-corrected chi connectivity index (χ2v) is 6.21. The molecule has 0 saturated carbocycles. The zero-order chi connectivity index (χ0) is 17.8. The van der Waals surface area contributed by atoms with Crippen molar-refractivity contribution < 1.29 is 4.79 Å². The maximum atomic E-state index is 11.2. The highest BCUT2D eigenvalue weighted by Gasteiger charge is 2.26. The number of anilines is 3. The van der Waals surface area contributed by atoms with Gasteiger partial charge < -0.3 is 21.3 Å². The first-order chi connectivity index (χ1) is 12.1. The second-order valence-electron chi connectivity index (χ2n) is 5.80. The molecule has 132 valence electrons. The molecule has 1 fully saturated rings. The van der Waals surface area contributed by atoms with E-state index in [-0.39, 0.29) is 6.04 Å². The van der Waals surface area contributed by atoms with Gasteiger partial charge in [-0.25, -0.2) is 15.0 Å². The average molecular weight is 362 g/mol. The summed E-state index contributed by atoms with van der Waals surface area (Å²) >= 11 is 6.18. The number of primary amides is 1. The van der Waals surface area contributed by atoms with Crippen molar-refractivity contribution in [2.24, 2.45) is 5.73 Å². The van der Waals surface area contributed by atoms with E-state index in [0.29, 0.717) is 22.9 Å². The van der Waals surface area contributed by atoms with Gasteiger partial charge in [0.15, 0.2) is 0 Å². The first kappa shape index (κ1) is 17.2. The van der Waals surface area contributed by atoms with Gasteiger partial charge in [0, 0.05) is 38.4 Å². The highest BCUT2D eigenvalue weighted by atomic mass is 35.5. The maximum Gasteiger partial charge on any atom is 0.250 e. The number of pyridine rings is 1. The molecule has 1 aliphatic rings. The lowest BCUT2D eigenvalue weighted by molar-refractivity contribution is 0.1000. The van der Waals surface area contributed by atoms with Gasteiger partial charge in [-0.15, -0.1) is 0 Å². The summed E-state index contributed by atoms with van der Waals surface area (Å²) < 4.78 is 0. The molecule has 2 aromatic heterocycles. The van der Waals surface area contributed by atoms with Gasteiger partial charge in [-0.05, 0) is 18.9 Å². The van der Waals surface area contributed by atoms with Crippen LogP contribution >= 0.6 is 11.6 Å². The molecule has 0 aromatic carbocycles. The van der Waals surface area contributed by atoms with Gasteiger partial charge in [0.2, 0.25) is 5.91 Å².